The van der Waals surface area contributed by atoms with Crippen LogP contribution in [0.3, 0.4) is 0 Å². The molecule has 168 valence electrons. The summed E-state index contributed by atoms with van der Waals surface area (Å²) in [7, 11) is 16.3. The fourth-order valence-corrected chi connectivity index (χ4v) is 1.25. The molecule has 10 heteroatoms. The summed E-state index contributed by atoms with van der Waals surface area (Å²) < 4.78 is 2.38. The Morgan fingerprint density at radius 2 is 0.615 bits per heavy atom. The van der Waals surface area contributed by atoms with Crippen molar-refractivity contribution in [3.8, 4) is 0 Å². The normalized spacial score (nSPS) is 10.6. The zero-order valence-electron chi connectivity index (χ0n) is 18.1. The van der Waals surface area contributed by atoms with Crippen LogP contribution < -0.4 is 0 Å². The molecular weight excluding hydrogens is 346 g/mol. The van der Waals surface area contributed by atoms with Crippen LogP contribution in [0.5, 0.6) is 0 Å². The second-order valence-corrected chi connectivity index (χ2v) is 8.31. The summed E-state index contributed by atoms with van der Waals surface area (Å²) in [5.74, 6) is 0. The summed E-state index contributed by atoms with van der Waals surface area (Å²) in [6, 6.07) is 0. The van der Waals surface area contributed by atoms with Crippen molar-refractivity contribution in [2.75, 3.05) is 109 Å². The minimum Gasteiger partial charge on any atom is -0.870 e. The van der Waals surface area contributed by atoms with E-state index in [0.29, 0.717) is 17.6 Å². The van der Waals surface area contributed by atoms with Crippen LogP contribution in [0.4, 0.5) is 0 Å². The van der Waals surface area contributed by atoms with E-state index in [1.165, 1.54) is 0 Å². The van der Waals surface area contributed by atoms with Crippen LogP contribution >= 0.6 is 0 Å². The average Bonchev–Trinajstić information content (AvgIpc) is 2.26. The molecule has 0 aliphatic carbocycles. The quantitative estimate of drug-likeness (QED) is 0.342. The predicted molar refractivity (Wildman–Crippen MR) is 102 cm³/mol. The first-order valence-electron chi connectivity index (χ1n) is 8.11. The highest BCUT2D eigenvalue weighted by molar-refractivity contribution is 4.29. The molecule has 0 aromatic rings. The third kappa shape index (κ3) is 49.5. The van der Waals surface area contributed by atoms with Crippen molar-refractivity contribution in [1.29, 1.82) is 0 Å². The molecule has 0 saturated heterocycles. The molecule has 0 heterocycles. The summed E-state index contributed by atoms with van der Waals surface area (Å²) in [6.45, 7) is 4.02. The third-order valence-electron chi connectivity index (χ3n) is 2.95. The number of hydrogen-bond acceptors (Lipinski definition) is 7. The van der Waals surface area contributed by atoms with Gasteiger partial charge in [0.1, 0.15) is 26.2 Å². The number of hydrogen-bond donors (Lipinski definition) is 4. The van der Waals surface area contributed by atoms with Crippen molar-refractivity contribution in [3.63, 3.8) is 0 Å². The van der Waals surface area contributed by atoms with Gasteiger partial charge in [0.05, 0.1) is 82.8 Å². The molecule has 0 rings (SSSR count). The van der Waals surface area contributed by atoms with E-state index in [0.717, 1.165) is 22.1 Å². The molecule has 0 saturated carbocycles. The predicted octanol–water partition coefficient (Wildman–Crippen LogP) is -2.11. The monoisotopic (exact) mass is 393 g/mol. The van der Waals surface area contributed by atoms with Crippen molar-refractivity contribution in [3.05, 3.63) is 0 Å². The van der Waals surface area contributed by atoms with E-state index in [1.807, 2.05) is 14.1 Å². The van der Waals surface area contributed by atoms with Crippen molar-refractivity contribution in [2.45, 2.75) is 0 Å². The van der Waals surface area contributed by atoms with Gasteiger partial charge in [0.2, 0.25) is 0 Å². The Morgan fingerprint density at radius 3 is 0.692 bits per heavy atom. The summed E-state index contributed by atoms with van der Waals surface area (Å²) in [6.07, 6.45) is 0. The molecular formula is C16H47N3O7. The van der Waals surface area contributed by atoms with Gasteiger partial charge in [-0.1, -0.05) is 0 Å². The fraction of sp³-hybridized carbons (Fsp3) is 1.00. The maximum atomic E-state index is 8.53. The summed E-state index contributed by atoms with van der Waals surface area (Å²) in [4.78, 5) is 0. The van der Waals surface area contributed by atoms with E-state index in [2.05, 4.69) is 42.3 Å². The molecule has 7 N–H and O–H groups in total. The Bertz CT molecular complexity index is 231. The van der Waals surface area contributed by atoms with E-state index in [9.17, 15) is 0 Å². The second kappa shape index (κ2) is 20.9. The van der Waals surface area contributed by atoms with Crippen LogP contribution in [0, 0.1) is 0 Å². The van der Waals surface area contributed by atoms with Gasteiger partial charge in [-0.3, -0.25) is 0 Å². The van der Waals surface area contributed by atoms with Crippen molar-refractivity contribution < 1.29 is 50.3 Å². The molecule has 0 aliphatic rings. The maximum absolute atomic E-state index is 8.53. The molecule has 0 bridgehead atoms. The molecule has 0 aromatic carbocycles. The highest BCUT2D eigenvalue weighted by Gasteiger charge is 2.11. The van der Waals surface area contributed by atoms with Crippen LogP contribution in [-0.4, -0.2) is 159 Å². The standard InChI is InChI=1S/C6H16NO2.2C5H14NO.3H2O/c1-7(2,3-5-8)4-6-9;2*1-6(2,3)4-5-7;;;/h8-9H,3-6H2,1-2H3;2*7H,4-5H2,1-3H3;3*1H2/q3*+1;;;/p-3. The van der Waals surface area contributed by atoms with E-state index in [-0.39, 0.29) is 42.9 Å². The highest BCUT2D eigenvalue weighted by Crippen LogP contribution is 1.92. The first kappa shape index (κ1) is 40.3. The number of nitrogens with zero attached hydrogens (tertiary/aromatic N) is 3. The molecule has 0 atom stereocenters. The summed E-state index contributed by atoms with van der Waals surface area (Å²) >= 11 is 0. The highest BCUT2D eigenvalue weighted by atomic mass is 16.3. The van der Waals surface area contributed by atoms with Gasteiger partial charge < -0.3 is 50.3 Å². The van der Waals surface area contributed by atoms with Gasteiger partial charge in [-0.15, -0.1) is 0 Å². The van der Waals surface area contributed by atoms with Crippen LogP contribution in [0.15, 0.2) is 0 Å². The lowest BCUT2D eigenvalue weighted by Crippen LogP contribution is -2.43. The SMILES string of the molecule is C[N+](C)(C)CCO.C[N+](C)(C)CCO.C[N+](C)(CCO)CCO.[OH-].[OH-].[OH-]. The Morgan fingerprint density at radius 1 is 0.423 bits per heavy atom. The number of aliphatic hydroxyl groups excluding tert-OH is 4. The lowest BCUT2D eigenvalue weighted by Gasteiger charge is -2.27. The Hall–Kier alpha value is -0.400. The first-order chi connectivity index (χ1) is 10.2. The molecule has 0 fully saturated rings. The molecule has 0 amide bonds. The minimum absolute atomic E-state index is 0. The van der Waals surface area contributed by atoms with Gasteiger partial charge in [-0.2, -0.15) is 0 Å². The Labute approximate surface area is 160 Å². The Kier molecular flexibility index (Phi) is 32.4. The topological polar surface area (TPSA) is 171 Å². The van der Waals surface area contributed by atoms with Gasteiger partial charge in [0, 0.05) is 0 Å². The van der Waals surface area contributed by atoms with Crippen LogP contribution in [0.2, 0.25) is 0 Å². The van der Waals surface area contributed by atoms with Gasteiger partial charge >= 0.3 is 0 Å². The minimum atomic E-state index is 0. The molecule has 10 nitrogen and oxygen atoms in total. The lowest BCUT2D eigenvalue weighted by atomic mass is 10.4. The third-order valence-corrected chi connectivity index (χ3v) is 2.95. The van der Waals surface area contributed by atoms with Crippen LogP contribution in [0.1, 0.15) is 0 Å². The van der Waals surface area contributed by atoms with Crippen molar-refractivity contribution in [1.82, 2.24) is 0 Å². The number of aliphatic hydroxyl groups is 4. The van der Waals surface area contributed by atoms with E-state index < -0.39 is 0 Å². The smallest absolute Gasteiger partial charge is 0.102 e. The average molecular weight is 394 g/mol. The van der Waals surface area contributed by atoms with E-state index >= 15 is 0 Å². The van der Waals surface area contributed by atoms with Crippen molar-refractivity contribution in [2.24, 2.45) is 0 Å². The van der Waals surface area contributed by atoms with Gasteiger partial charge in [-0.05, 0) is 0 Å². The largest absolute Gasteiger partial charge is 0.870 e. The number of rotatable bonds is 8. The first-order valence-corrected chi connectivity index (χ1v) is 8.11. The molecule has 0 aliphatic heterocycles. The molecule has 26 heavy (non-hydrogen) atoms. The van der Waals surface area contributed by atoms with Gasteiger partial charge in [0.25, 0.3) is 0 Å². The molecule has 0 aromatic heterocycles. The van der Waals surface area contributed by atoms with Gasteiger partial charge in [0.15, 0.2) is 0 Å². The number of likely N-dealkylation sites (N-methyl/N-ethyl adjacent to an activating group) is 3. The van der Waals surface area contributed by atoms with Crippen molar-refractivity contribution >= 4 is 0 Å². The zero-order chi connectivity index (χ0) is 19.2. The zero-order valence-corrected chi connectivity index (χ0v) is 18.1. The molecule has 0 spiro atoms. The fourth-order valence-electron chi connectivity index (χ4n) is 1.25. The number of quaternary nitrogens is 3. The summed E-state index contributed by atoms with van der Waals surface area (Å²) in [5.41, 5.74) is 0. The second-order valence-electron chi connectivity index (χ2n) is 8.31. The van der Waals surface area contributed by atoms with E-state index in [4.69, 9.17) is 20.4 Å². The summed E-state index contributed by atoms with van der Waals surface area (Å²) in [5, 5.41) is 33.8. The van der Waals surface area contributed by atoms with Crippen LogP contribution in [-0.2, 0) is 0 Å². The molecule has 0 unspecified atom stereocenters. The van der Waals surface area contributed by atoms with Gasteiger partial charge in [-0.25, -0.2) is 0 Å². The molecule has 0 radical (unpaired) electrons. The lowest BCUT2D eigenvalue weighted by molar-refractivity contribution is -0.890. The Balaban J connectivity index is -0.0000000551. The van der Waals surface area contributed by atoms with Crippen LogP contribution in [0.25, 0.3) is 0 Å². The maximum Gasteiger partial charge on any atom is 0.102 e. The van der Waals surface area contributed by atoms with E-state index in [1.54, 1.807) is 0 Å².